The fraction of sp³-hybridized carbons (Fsp3) is 0.290. The van der Waals surface area contributed by atoms with Crippen molar-refractivity contribution in [2.75, 3.05) is 17.2 Å². The summed E-state index contributed by atoms with van der Waals surface area (Å²) in [7, 11) is 0. The zero-order valence-corrected chi connectivity index (χ0v) is 26.3. The second kappa shape index (κ2) is 12.7. The number of amides is 3. The number of thiophene rings is 1. The zero-order chi connectivity index (χ0) is 32.5. The molecule has 2 aromatic carbocycles. The first-order valence-electron chi connectivity index (χ1n) is 13.9. The Morgan fingerprint density at radius 1 is 1.18 bits per heavy atom. The Labute approximate surface area is 266 Å². The highest BCUT2D eigenvalue weighted by atomic mass is 32.2. The van der Waals surface area contributed by atoms with Gasteiger partial charge in [0.1, 0.15) is 29.3 Å². The minimum atomic E-state index is -1.79. The van der Waals surface area contributed by atoms with Gasteiger partial charge in [0.2, 0.25) is 5.91 Å². The molecule has 0 aliphatic carbocycles. The fourth-order valence-corrected chi connectivity index (χ4v) is 7.19. The second-order valence-electron chi connectivity index (χ2n) is 11.2. The van der Waals surface area contributed by atoms with Crippen molar-refractivity contribution in [1.29, 1.82) is 0 Å². The van der Waals surface area contributed by atoms with Crippen LogP contribution in [0.1, 0.15) is 32.6 Å². The van der Waals surface area contributed by atoms with E-state index in [1.165, 1.54) is 51.1 Å². The van der Waals surface area contributed by atoms with Gasteiger partial charge in [0.25, 0.3) is 5.91 Å². The summed E-state index contributed by atoms with van der Waals surface area (Å²) in [6.45, 7) is 8.45. The van der Waals surface area contributed by atoms with E-state index in [-0.39, 0.29) is 17.0 Å². The number of nitro groups is 1. The molecular weight excluding hydrogens is 620 g/mol. The van der Waals surface area contributed by atoms with Crippen molar-refractivity contribution in [3.8, 4) is 0 Å². The van der Waals surface area contributed by atoms with Crippen molar-refractivity contribution in [3.63, 3.8) is 0 Å². The van der Waals surface area contributed by atoms with Crippen LogP contribution in [0.5, 0.6) is 0 Å². The maximum absolute atomic E-state index is 13.4. The highest BCUT2D eigenvalue weighted by molar-refractivity contribution is 8.00. The molecule has 3 heterocycles. The van der Waals surface area contributed by atoms with Crippen molar-refractivity contribution >= 4 is 62.7 Å². The van der Waals surface area contributed by atoms with Crippen molar-refractivity contribution in [2.24, 2.45) is 0 Å². The number of ether oxygens (including phenoxy) is 2. The summed E-state index contributed by atoms with van der Waals surface area (Å²) < 4.78 is 11.8. The van der Waals surface area contributed by atoms with E-state index < -0.39 is 58.6 Å². The van der Waals surface area contributed by atoms with Crippen LogP contribution in [-0.2, 0) is 23.9 Å². The Morgan fingerprint density at radius 3 is 2.53 bits per heavy atom. The number of nitrogens with one attached hydrogen (secondary N) is 1. The fourth-order valence-electron chi connectivity index (χ4n) is 4.90. The SMILES string of the molecule is C=CC1=C(C(=O)OC(c2ccccc2)[N+](=O)[O-])N2C(=O)C(NC(=O)CN(C(=O)OC(C)(C)C)c3csc4ccccc34)[C@@H]2SC1. The molecule has 0 saturated carbocycles. The van der Waals surface area contributed by atoms with Gasteiger partial charge in [-0.15, -0.1) is 23.1 Å². The van der Waals surface area contributed by atoms with E-state index in [0.29, 0.717) is 11.3 Å². The molecule has 3 amide bonds. The summed E-state index contributed by atoms with van der Waals surface area (Å²) in [5.41, 5.74) is 0.0416. The summed E-state index contributed by atoms with van der Waals surface area (Å²) in [5.74, 6) is -2.03. The third-order valence-electron chi connectivity index (χ3n) is 6.92. The molecular formula is C31H30N4O8S2. The number of hydrogen-bond donors (Lipinski definition) is 1. The molecule has 2 aliphatic rings. The number of fused-ring (bicyclic) bond motifs is 2. The molecule has 234 valence electrons. The number of nitrogens with zero attached hydrogens (tertiary/aromatic N) is 3. The molecule has 0 bridgehead atoms. The van der Waals surface area contributed by atoms with Crippen molar-refractivity contribution in [3.05, 3.63) is 99.6 Å². The van der Waals surface area contributed by atoms with Crippen LogP contribution in [0.2, 0.25) is 0 Å². The molecule has 0 radical (unpaired) electrons. The molecule has 2 unspecified atom stereocenters. The number of esters is 1. The number of carbonyl (C=O) groups is 4. The lowest BCUT2D eigenvalue weighted by atomic mass is 10.0. The van der Waals surface area contributed by atoms with Gasteiger partial charge >= 0.3 is 18.3 Å². The second-order valence-corrected chi connectivity index (χ2v) is 13.2. The number of allylic oxidation sites excluding steroid dienone is 1. The molecule has 1 saturated heterocycles. The van der Waals surface area contributed by atoms with Crippen LogP contribution in [0.3, 0.4) is 0 Å². The minimum absolute atomic E-state index is 0.159. The van der Waals surface area contributed by atoms with Gasteiger partial charge < -0.3 is 14.8 Å². The number of thioether (sulfide) groups is 1. The maximum atomic E-state index is 13.4. The van der Waals surface area contributed by atoms with Crippen LogP contribution < -0.4 is 10.2 Å². The van der Waals surface area contributed by atoms with Gasteiger partial charge in [0.15, 0.2) is 0 Å². The average molecular weight is 651 g/mol. The van der Waals surface area contributed by atoms with Crippen LogP contribution in [-0.4, -0.2) is 63.0 Å². The largest absolute Gasteiger partial charge is 0.443 e. The summed E-state index contributed by atoms with van der Waals surface area (Å²) in [5, 5.41) is 16.3. The van der Waals surface area contributed by atoms with E-state index in [2.05, 4.69) is 11.9 Å². The van der Waals surface area contributed by atoms with Crippen molar-refractivity contribution in [2.45, 2.75) is 44.0 Å². The first-order chi connectivity index (χ1) is 21.4. The molecule has 3 atom stereocenters. The summed E-state index contributed by atoms with van der Waals surface area (Å²) in [6.07, 6.45) is -1.12. The van der Waals surface area contributed by atoms with Gasteiger partial charge in [0, 0.05) is 21.2 Å². The van der Waals surface area contributed by atoms with Crippen molar-refractivity contribution < 1.29 is 33.6 Å². The van der Waals surface area contributed by atoms with E-state index in [9.17, 15) is 29.3 Å². The summed E-state index contributed by atoms with van der Waals surface area (Å²) >= 11 is 2.71. The Balaban J connectivity index is 1.33. The Morgan fingerprint density at radius 2 is 1.87 bits per heavy atom. The summed E-state index contributed by atoms with van der Waals surface area (Å²) in [6, 6.07) is 14.2. The lowest BCUT2D eigenvalue weighted by Gasteiger charge is -2.49. The van der Waals surface area contributed by atoms with Crippen LogP contribution in [0.15, 0.2) is 83.9 Å². The smallest absolute Gasteiger partial charge is 0.415 e. The van der Waals surface area contributed by atoms with Crippen LogP contribution >= 0.6 is 23.1 Å². The first kappa shape index (κ1) is 31.7. The lowest BCUT2D eigenvalue weighted by Crippen LogP contribution is -2.71. The highest BCUT2D eigenvalue weighted by Gasteiger charge is 2.54. The van der Waals surface area contributed by atoms with Crippen LogP contribution in [0.25, 0.3) is 10.1 Å². The van der Waals surface area contributed by atoms with Crippen LogP contribution in [0, 0.1) is 10.1 Å². The number of β-lactam (4-membered cyclic amide) rings is 1. The topological polar surface area (TPSA) is 148 Å². The van der Waals surface area contributed by atoms with Gasteiger partial charge in [0.05, 0.1) is 16.2 Å². The number of hydrogen-bond acceptors (Lipinski definition) is 10. The van der Waals surface area contributed by atoms with E-state index in [0.717, 1.165) is 10.1 Å². The molecule has 3 aromatic rings. The molecule has 1 fully saturated rings. The number of benzene rings is 2. The quantitative estimate of drug-likeness (QED) is 0.111. The Hall–Kier alpha value is -4.69. The molecule has 5 rings (SSSR count). The van der Waals surface area contributed by atoms with Crippen LogP contribution in [0.4, 0.5) is 10.5 Å². The van der Waals surface area contributed by atoms with Crippen molar-refractivity contribution in [1.82, 2.24) is 10.2 Å². The summed E-state index contributed by atoms with van der Waals surface area (Å²) in [4.78, 5) is 66.7. The van der Waals surface area contributed by atoms with Gasteiger partial charge in [-0.25, -0.2) is 9.59 Å². The van der Waals surface area contributed by atoms with E-state index in [4.69, 9.17) is 9.47 Å². The van der Waals surface area contributed by atoms with Gasteiger partial charge in [-0.3, -0.25) is 29.5 Å². The molecule has 12 nitrogen and oxygen atoms in total. The molecule has 1 aromatic heterocycles. The number of carbonyl (C=O) groups excluding carboxylic acids is 4. The van der Waals surface area contributed by atoms with E-state index in [1.807, 2.05) is 24.3 Å². The van der Waals surface area contributed by atoms with Gasteiger partial charge in [-0.1, -0.05) is 49.1 Å². The predicted octanol–water partition coefficient (Wildman–Crippen LogP) is 5.00. The van der Waals surface area contributed by atoms with Gasteiger partial charge in [-0.05, 0) is 44.5 Å². The molecule has 14 heteroatoms. The first-order valence-corrected chi connectivity index (χ1v) is 15.8. The Kier molecular flexibility index (Phi) is 8.98. The maximum Gasteiger partial charge on any atom is 0.415 e. The standard InChI is InChI=1S/C31H30N4O8S2/c1-5-18-16-45-28-24(26(37)34(28)25(18)29(38)42-27(35(40)41)19-11-7-6-8-12-19)32-23(36)15-33(30(39)43-31(2,3)4)21-17-44-22-14-10-9-13-20(21)22/h5-14,17,24,27-28H,1,15-16H2,2-4H3,(H,32,36)/t24?,27?,28-/m0/s1. The predicted molar refractivity (Wildman–Crippen MR) is 170 cm³/mol. The monoisotopic (exact) mass is 650 g/mol. The molecule has 2 aliphatic heterocycles. The average Bonchev–Trinajstić information content (AvgIpc) is 3.43. The third kappa shape index (κ3) is 6.56. The minimum Gasteiger partial charge on any atom is -0.443 e. The Bertz CT molecular complexity index is 1710. The number of rotatable bonds is 9. The highest BCUT2D eigenvalue weighted by Crippen LogP contribution is 2.41. The lowest BCUT2D eigenvalue weighted by molar-refractivity contribution is -0.575. The normalized spacial score (nSPS) is 18.4. The van der Waals surface area contributed by atoms with E-state index >= 15 is 0 Å². The third-order valence-corrected chi connectivity index (χ3v) is 9.17. The van der Waals surface area contributed by atoms with E-state index in [1.54, 1.807) is 44.4 Å². The molecule has 45 heavy (non-hydrogen) atoms. The molecule has 1 N–H and O–H groups in total. The number of anilines is 1. The molecule has 0 spiro atoms. The van der Waals surface area contributed by atoms with Gasteiger partial charge in [-0.2, -0.15) is 0 Å². The zero-order valence-electron chi connectivity index (χ0n) is 24.6.